The van der Waals surface area contributed by atoms with E-state index in [0.29, 0.717) is 0 Å². The van der Waals surface area contributed by atoms with Crippen LogP contribution in [0.4, 0.5) is 0 Å². The molecule has 0 fully saturated rings. The molecule has 3 nitrogen and oxygen atoms in total. The lowest BCUT2D eigenvalue weighted by molar-refractivity contribution is 0.173. The van der Waals surface area contributed by atoms with Crippen molar-refractivity contribution in [3.63, 3.8) is 0 Å². The third-order valence-electron chi connectivity index (χ3n) is 2.04. The van der Waals surface area contributed by atoms with Gasteiger partial charge in [-0.3, -0.25) is 0 Å². The highest BCUT2D eigenvalue weighted by molar-refractivity contribution is 9.10. The lowest BCUT2D eigenvalue weighted by Crippen LogP contribution is -2.43. The number of hydrogen-bond donors (Lipinski definition) is 2. The van der Waals surface area contributed by atoms with Crippen molar-refractivity contribution in [3.8, 4) is 0 Å². The molecule has 14 heavy (non-hydrogen) atoms. The van der Waals surface area contributed by atoms with Gasteiger partial charge in [0, 0.05) is 5.54 Å². The van der Waals surface area contributed by atoms with Gasteiger partial charge in [-0.25, -0.2) is 0 Å². The summed E-state index contributed by atoms with van der Waals surface area (Å²) >= 11 is 3.40. The van der Waals surface area contributed by atoms with Crippen LogP contribution in [-0.4, -0.2) is 17.3 Å². The Hall–Kier alpha value is -0.320. The molecule has 4 heteroatoms. The Bertz CT molecular complexity index is 296. The van der Waals surface area contributed by atoms with Crippen LogP contribution >= 0.6 is 15.9 Å². The van der Waals surface area contributed by atoms with E-state index in [1.165, 1.54) is 0 Å². The van der Waals surface area contributed by atoms with Gasteiger partial charge in [0.05, 0.1) is 23.4 Å². The van der Waals surface area contributed by atoms with E-state index in [2.05, 4.69) is 21.2 Å². The van der Waals surface area contributed by atoms with Gasteiger partial charge in [-0.15, -0.1) is 0 Å². The molecule has 0 aliphatic rings. The number of aliphatic hydroxyl groups excluding tert-OH is 1. The van der Waals surface area contributed by atoms with Crippen molar-refractivity contribution in [1.82, 2.24) is 5.32 Å². The summed E-state index contributed by atoms with van der Waals surface area (Å²) in [6.07, 6.45) is 1.64. The highest BCUT2D eigenvalue weighted by atomic mass is 79.9. The maximum Gasteiger partial charge on any atom is 0.134 e. The van der Waals surface area contributed by atoms with Crippen LogP contribution in [0.25, 0.3) is 0 Å². The molecule has 1 aromatic heterocycles. The number of hydrogen-bond acceptors (Lipinski definition) is 3. The SMILES string of the molecule is CC(NC(C)(C)CO)c1occc1Br. The molecule has 0 aliphatic heterocycles. The molecule has 0 saturated carbocycles. The molecule has 1 unspecified atom stereocenters. The van der Waals surface area contributed by atoms with Crippen molar-refractivity contribution < 1.29 is 9.52 Å². The normalized spacial score (nSPS) is 14.4. The molecule has 1 aromatic rings. The van der Waals surface area contributed by atoms with Crippen molar-refractivity contribution in [2.75, 3.05) is 6.61 Å². The third kappa shape index (κ3) is 2.83. The first-order chi connectivity index (χ1) is 6.46. The second-order valence-corrected chi connectivity index (χ2v) is 4.90. The average molecular weight is 262 g/mol. The summed E-state index contributed by atoms with van der Waals surface area (Å²) in [7, 11) is 0. The van der Waals surface area contributed by atoms with E-state index in [1.807, 2.05) is 26.8 Å². The molecule has 2 N–H and O–H groups in total. The van der Waals surface area contributed by atoms with Crippen LogP contribution in [0.5, 0.6) is 0 Å². The van der Waals surface area contributed by atoms with Crippen LogP contribution in [0, 0.1) is 0 Å². The molecule has 1 heterocycles. The van der Waals surface area contributed by atoms with E-state index in [0.717, 1.165) is 10.2 Å². The Morgan fingerprint density at radius 3 is 2.71 bits per heavy atom. The van der Waals surface area contributed by atoms with Gasteiger partial charge < -0.3 is 14.8 Å². The fourth-order valence-corrected chi connectivity index (χ4v) is 1.86. The summed E-state index contributed by atoms with van der Waals surface area (Å²) in [4.78, 5) is 0. The Morgan fingerprint density at radius 1 is 1.64 bits per heavy atom. The molecule has 1 atom stereocenters. The number of aliphatic hydroxyl groups is 1. The van der Waals surface area contributed by atoms with Gasteiger partial charge >= 0.3 is 0 Å². The van der Waals surface area contributed by atoms with E-state index in [-0.39, 0.29) is 18.2 Å². The van der Waals surface area contributed by atoms with Crippen LogP contribution in [0.2, 0.25) is 0 Å². The van der Waals surface area contributed by atoms with Crippen molar-refractivity contribution >= 4 is 15.9 Å². The van der Waals surface area contributed by atoms with Gasteiger partial charge in [0.15, 0.2) is 0 Å². The quantitative estimate of drug-likeness (QED) is 0.876. The number of furan rings is 1. The van der Waals surface area contributed by atoms with Crippen molar-refractivity contribution in [1.29, 1.82) is 0 Å². The van der Waals surface area contributed by atoms with Crippen LogP contribution in [-0.2, 0) is 0 Å². The van der Waals surface area contributed by atoms with Gasteiger partial charge in [-0.05, 0) is 42.8 Å². The van der Waals surface area contributed by atoms with Crippen LogP contribution in [0.3, 0.4) is 0 Å². The number of halogens is 1. The summed E-state index contributed by atoms with van der Waals surface area (Å²) in [5, 5.41) is 12.4. The van der Waals surface area contributed by atoms with Crippen LogP contribution in [0.15, 0.2) is 21.2 Å². The lowest BCUT2D eigenvalue weighted by Gasteiger charge is -2.27. The van der Waals surface area contributed by atoms with E-state index >= 15 is 0 Å². The summed E-state index contributed by atoms with van der Waals surface area (Å²) in [5.74, 6) is 0.853. The first kappa shape index (κ1) is 11.8. The zero-order valence-corrected chi connectivity index (χ0v) is 10.3. The van der Waals surface area contributed by atoms with E-state index in [1.54, 1.807) is 6.26 Å². The summed E-state index contributed by atoms with van der Waals surface area (Å²) in [6, 6.07) is 1.93. The average Bonchev–Trinajstić information content (AvgIpc) is 2.51. The Balaban J connectivity index is 2.68. The summed E-state index contributed by atoms with van der Waals surface area (Å²) in [6.45, 7) is 5.98. The fraction of sp³-hybridized carbons (Fsp3) is 0.600. The number of rotatable bonds is 4. The molecular weight excluding hydrogens is 246 g/mol. The predicted octanol–water partition coefficient (Wildman–Crippen LogP) is 2.46. The fourth-order valence-electron chi connectivity index (χ4n) is 1.31. The minimum absolute atomic E-state index is 0.0709. The molecule has 0 aliphatic carbocycles. The second kappa shape index (κ2) is 4.47. The van der Waals surface area contributed by atoms with Crippen LogP contribution < -0.4 is 5.32 Å². The predicted molar refractivity (Wildman–Crippen MR) is 59.1 cm³/mol. The van der Waals surface area contributed by atoms with Gasteiger partial charge in [-0.1, -0.05) is 0 Å². The maximum absolute atomic E-state index is 9.10. The molecule has 0 amide bonds. The van der Waals surface area contributed by atoms with Crippen molar-refractivity contribution in [3.05, 3.63) is 22.6 Å². The molecular formula is C10H16BrNO2. The zero-order chi connectivity index (χ0) is 10.8. The molecule has 80 valence electrons. The molecule has 0 aromatic carbocycles. The van der Waals surface area contributed by atoms with Crippen molar-refractivity contribution in [2.45, 2.75) is 32.4 Å². The molecule has 0 radical (unpaired) electrons. The minimum atomic E-state index is -0.300. The van der Waals surface area contributed by atoms with Gasteiger partial charge in [0.1, 0.15) is 5.76 Å². The summed E-state index contributed by atoms with van der Waals surface area (Å²) in [5.41, 5.74) is -0.300. The largest absolute Gasteiger partial charge is 0.466 e. The smallest absolute Gasteiger partial charge is 0.134 e. The van der Waals surface area contributed by atoms with Crippen LogP contribution in [0.1, 0.15) is 32.6 Å². The van der Waals surface area contributed by atoms with E-state index < -0.39 is 0 Å². The topological polar surface area (TPSA) is 45.4 Å². The highest BCUT2D eigenvalue weighted by Crippen LogP contribution is 2.25. The summed E-state index contributed by atoms with van der Waals surface area (Å²) < 4.78 is 6.28. The monoisotopic (exact) mass is 261 g/mol. The standard InChI is InChI=1S/C10H16BrNO2/c1-7(12-10(2,3)6-13)9-8(11)4-5-14-9/h4-5,7,12-13H,6H2,1-3H3. The van der Waals surface area contributed by atoms with Gasteiger partial charge in [0.25, 0.3) is 0 Å². The molecule has 0 spiro atoms. The Kier molecular flexibility index (Phi) is 3.75. The minimum Gasteiger partial charge on any atom is -0.466 e. The number of nitrogens with one attached hydrogen (secondary N) is 1. The molecule has 0 bridgehead atoms. The Morgan fingerprint density at radius 2 is 2.29 bits per heavy atom. The Labute approximate surface area is 92.6 Å². The first-order valence-corrected chi connectivity index (χ1v) is 5.37. The third-order valence-corrected chi connectivity index (χ3v) is 2.70. The second-order valence-electron chi connectivity index (χ2n) is 4.04. The highest BCUT2D eigenvalue weighted by Gasteiger charge is 2.22. The van der Waals surface area contributed by atoms with Gasteiger partial charge in [-0.2, -0.15) is 0 Å². The van der Waals surface area contributed by atoms with E-state index in [4.69, 9.17) is 9.52 Å². The zero-order valence-electron chi connectivity index (χ0n) is 8.67. The van der Waals surface area contributed by atoms with Crippen molar-refractivity contribution in [2.24, 2.45) is 0 Å². The maximum atomic E-state index is 9.10. The van der Waals surface area contributed by atoms with Gasteiger partial charge in [0.2, 0.25) is 0 Å². The van der Waals surface area contributed by atoms with E-state index in [9.17, 15) is 0 Å². The molecule has 1 rings (SSSR count). The lowest BCUT2D eigenvalue weighted by atomic mass is 10.1. The molecule has 0 saturated heterocycles. The first-order valence-electron chi connectivity index (χ1n) is 4.58.